The number of halogens is 1. The van der Waals surface area contributed by atoms with Crippen molar-refractivity contribution in [3.8, 4) is 0 Å². The van der Waals surface area contributed by atoms with Crippen LogP contribution >= 0.6 is 12.4 Å². The summed E-state index contributed by atoms with van der Waals surface area (Å²) in [4.78, 5) is 16.3. The van der Waals surface area contributed by atoms with Crippen molar-refractivity contribution in [2.24, 2.45) is 0 Å². The van der Waals surface area contributed by atoms with E-state index in [4.69, 9.17) is 4.52 Å². The first-order valence-corrected chi connectivity index (χ1v) is 7.06. The van der Waals surface area contributed by atoms with Crippen molar-refractivity contribution in [3.63, 3.8) is 0 Å². The van der Waals surface area contributed by atoms with Crippen LogP contribution in [0, 0.1) is 0 Å². The minimum absolute atomic E-state index is 0. The van der Waals surface area contributed by atoms with Gasteiger partial charge in [-0.15, -0.1) is 12.4 Å². The maximum Gasteiger partial charge on any atom is 0.234 e. The van der Waals surface area contributed by atoms with E-state index in [0.29, 0.717) is 24.6 Å². The number of nitrogens with one attached hydrogen (secondary N) is 2. The summed E-state index contributed by atoms with van der Waals surface area (Å²) in [5, 5.41) is 10.0. The van der Waals surface area contributed by atoms with Crippen molar-refractivity contribution in [1.82, 2.24) is 15.5 Å². The molecule has 0 radical (unpaired) electrons. The largest absolute Gasteiger partial charge is 0.339 e. The summed E-state index contributed by atoms with van der Waals surface area (Å²) in [5.74, 6) is 0.981. The monoisotopic (exact) mass is 322 g/mol. The molecule has 1 aliphatic heterocycles. The fourth-order valence-electron chi connectivity index (χ4n) is 2.50. The number of rotatable bonds is 4. The normalized spacial score (nSPS) is 18.1. The van der Waals surface area contributed by atoms with Gasteiger partial charge in [0.2, 0.25) is 11.8 Å². The Morgan fingerprint density at radius 1 is 1.45 bits per heavy atom. The average Bonchev–Trinajstić information content (AvgIpc) is 2.94. The van der Waals surface area contributed by atoms with Gasteiger partial charge in [0.1, 0.15) is 0 Å². The van der Waals surface area contributed by atoms with Crippen molar-refractivity contribution in [2.75, 3.05) is 12.4 Å². The molecule has 7 heteroatoms. The van der Waals surface area contributed by atoms with E-state index in [2.05, 4.69) is 27.7 Å². The summed E-state index contributed by atoms with van der Waals surface area (Å²) in [6, 6.07) is 8.00. The Labute approximate surface area is 135 Å². The highest BCUT2D eigenvalue weighted by Crippen LogP contribution is 2.35. The number of nitrogens with zero attached hydrogens (tertiary/aromatic N) is 2. The molecule has 22 heavy (non-hydrogen) atoms. The molecule has 2 heterocycles. The molecule has 0 aliphatic carbocycles. The minimum Gasteiger partial charge on any atom is -0.339 e. The fraction of sp³-hybridized carbons (Fsp3) is 0.400. The van der Waals surface area contributed by atoms with Gasteiger partial charge in [0, 0.05) is 24.6 Å². The molecule has 118 valence electrons. The fourth-order valence-corrected chi connectivity index (χ4v) is 2.50. The van der Waals surface area contributed by atoms with Crippen LogP contribution in [0.4, 0.5) is 5.69 Å². The van der Waals surface area contributed by atoms with Gasteiger partial charge in [-0.05, 0) is 25.6 Å². The molecule has 0 bridgehead atoms. The van der Waals surface area contributed by atoms with E-state index < -0.39 is 0 Å². The highest BCUT2D eigenvalue weighted by atomic mass is 35.5. The first-order chi connectivity index (χ1) is 10.2. The van der Waals surface area contributed by atoms with Gasteiger partial charge in [0.05, 0.1) is 5.92 Å². The summed E-state index contributed by atoms with van der Waals surface area (Å²) < 4.78 is 5.39. The molecule has 6 nitrogen and oxygen atoms in total. The lowest BCUT2D eigenvalue weighted by Crippen LogP contribution is -2.24. The van der Waals surface area contributed by atoms with E-state index in [1.807, 2.05) is 31.3 Å². The zero-order valence-corrected chi connectivity index (χ0v) is 13.3. The number of carbonyl (C=O) groups is 1. The number of amides is 1. The molecular weight excluding hydrogens is 304 g/mol. The summed E-state index contributed by atoms with van der Waals surface area (Å²) in [6.07, 6.45) is 1.03. The number of hydrogen-bond acceptors (Lipinski definition) is 5. The summed E-state index contributed by atoms with van der Waals surface area (Å²) in [6.45, 7) is 2.05. The van der Waals surface area contributed by atoms with Crippen molar-refractivity contribution < 1.29 is 9.32 Å². The molecule has 3 rings (SSSR count). The van der Waals surface area contributed by atoms with Gasteiger partial charge in [0.15, 0.2) is 5.82 Å². The number of benzene rings is 1. The Morgan fingerprint density at radius 3 is 3.00 bits per heavy atom. The Hall–Kier alpha value is -1.92. The molecule has 0 fully saturated rings. The number of carbonyl (C=O) groups excluding carboxylic acids is 1. The van der Waals surface area contributed by atoms with Gasteiger partial charge in [-0.25, -0.2) is 0 Å². The van der Waals surface area contributed by atoms with Gasteiger partial charge in [-0.1, -0.05) is 23.4 Å². The van der Waals surface area contributed by atoms with E-state index >= 15 is 0 Å². The van der Waals surface area contributed by atoms with Crippen LogP contribution in [-0.4, -0.2) is 29.1 Å². The van der Waals surface area contributed by atoms with Crippen LogP contribution in [0.1, 0.15) is 36.5 Å². The predicted octanol–water partition coefficient (Wildman–Crippen LogP) is 2.12. The van der Waals surface area contributed by atoms with Gasteiger partial charge >= 0.3 is 0 Å². The molecule has 1 aliphatic rings. The van der Waals surface area contributed by atoms with Crippen LogP contribution in [-0.2, 0) is 11.2 Å². The minimum atomic E-state index is -0.166. The molecule has 1 aromatic heterocycles. The van der Waals surface area contributed by atoms with Gasteiger partial charge in [0.25, 0.3) is 0 Å². The van der Waals surface area contributed by atoms with Crippen molar-refractivity contribution in [2.45, 2.75) is 31.7 Å². The lowest BCUT2D eigenvalue weighted by molar-refractivity contribution is -0.116. The second-order valence-electron chi connectivity index (χ2n) is 5.33. The van der Waals surface area contributed by atoms with Crippen LogP contribution < -0.4 is 10.6 Å². The Morgan fingerprint density at radius 2 is 2.23 bits per heavy atom. The second-order valence-corrected chi connectivity index (χ2v) is 5.33. The van der Waals surface area contributed by atoms with Crippen LogP contribution in [0.15, 0.2) is 28.8 Å². The average molecular weight is 323 g/mol. The molecule has 0 saturated heterocycles. The van der Waals surface area contributed by atoms with Crippen molar-refractivity contribution >= 4 is 24.0 Å². The molecule has 0 saturated carbocycles. The molecule has 2 atom stereocenters. The van der Waals surface area contributed by atoms with Gasteiger partial charge in [-0.3, -0.25) is 4.79 Å². The highest BCUT2D eigenvalue weighted by Gasteiger charge is 2.30. The predicted molar refractivity (Wildman–Crippen MR) is 85.3 cm³/mol. The summed E-state index contributed by atoms with van der Waals surface area (Å²) in [7, 11) is 1.90. The third kappa shape index (κ3) is 3.28. The van der Waals surface area contributed by atoms with Crippen molar-refractivity contribution in [3.05, 3.63) is 41.5 Å². The number of hydrogen-bond donors (Lipinski definition) is 2. The van der Waals surface area contributed by atoms with E-state index in [9.17, 15) is 4.79 Å². The second kappa shape index (κ2) is 6.89. The highest BCUT2D eigenvalue weighted by molar-refractivity contribution is 5.95. The topological polar surface area (TPSA) is 80.0 Å². The Kier molecular flexibility index (Phi) is 5.15. The number of aromatic nitrogens is 2. The Balaban J connectivity index is 0.00000176. The molecule has 2 aromatic rings. The number of likely N-dealkylation sites (N-methyl/N-ethyl adjacent to an activating group) is 1. The van der Waals surface area contributed by atoms with E-state index in [1.54, 1.807) is 0 Å². The zero-order valence-electron chi connectivity index (χ0n) is 12.5. The van der Waals surface area contributed by atoms with E-state index in [0.717, 1.165) is 11.3 Å². The summed E-state index contributed by atoms with van der Waals surface area (Å²) >= 11 is 0. The maximum absolute atomic E-state index is 11.8. The third-order valence-electron chi connectivity index (χ3n) is 3.76. The lowest BCUT2D eigenvalue weighted by Gasteiger charge is -2.22. The smallest absolute Gasteiger partial charge is 0.234 e. The molecule has 2 unspecified atom stereocenters. The number of fused-ring (bicyclic) bond motifs is 1. The quantitative estimate of drug-likeness (QED) is 0.901. The zero-order chi connectivity index (χ0) is 14.8. The number of anilines is 1. The lowest BCUT2D eigenvalue weighted by atomic mass is 9.90. The first kappa shape index (κ1) is 16.5. The first-order valence-electron chi connectivity index (χ1n) is 7.06. The summed E-state index contributed by atoms with van der Waals surface area (Å²) in [5.41, 5.74) is 1.84. The molecular formula is C15H19ClN4O2. The van der Waals surface area contributed by atoms with E-state index in [1.165, 1.54) is 0 Å². The van der Waals surface area contributed by atoms with Crippen molar-refractivity contribution in [1.29, 1.82) is 0 Å². The van der Waals surface area contributed by atoms with Crippen LogP contribution in [0.3, 0.4) is 0 Å². The van der Waals surface area contributed by atoms with Gasteiger partial charge < -0.3 is 15.2 Å². The Bertz CT molecular complexity index is 658. The third-order valence-corrected chi connectivity index (χ3v) is 3.76. The van der Waals surface area contributed by atoms with Gasteiger partial charge in [-0.2, -0.15) is 4.98 Å². The van der Waals surface area contributed by atoms with E-state index in [-0.39, 0.29) is 30.3 Å². The number of para-hydroxylation sites is 1. The maximum atomic E-state index is 11.8. The molecule has 1 aromatic carbocycles. The van der Waals surface area contributed by atoms with Crippen LogP contribution in [0.2, 0.25) is 0 Å². The standard InChI is InChI=1S/C15H18N4O2.ClH/c1-9(16-2)7-13-18-15(21-19-13)11-8-14(20)17-12-6-4-3-5-10(11)12;/h3-6,9,11,16H,7-8H2,1-2H3,(H,17,20);1H. The van der Waals surface area contributed by atoms with Crippen LogP contribution in [0.5, 0.6) is 0 Å². The van der Waals surface area contributed by atoms with Crippen LogP contribution in [0.25, 0.3) is 0 Å². The molecule has 0 spiro atoms. The SMILES string of the molecule is CNC(C)Cc1noc(C2CC(=O)Nc3ccccc32)n1.Cl. The molecule has 2 N–H and O–H groups in total. The molecule has 1 amide bonds.